The normalized spacial score (nSPS) is 10.1. The average molecular weight is 333 g/mol. The van der Waals surface area contributed by atoms with Gasteiger partial charge < -0.3 is 19.5 Å². The van der Waals surface area contributed by atoms with E-state index in [9.17, 15) is 9.18 Å². The predicted octanol–water partition coefficient (Wildman–Crippen LogP) is 2.58. The second-order valence-electron chi connectivity index (χ2n) is 5.05. The van der Waals surface area contributed by atoms with Gasteiger partial charge in [0, 0.05) is 18.2 Å². The highest BCUT2D eigenvalue weighted by atomic mass is 19.1. The smallest absolute Gasteiger partial charge is 0.224 e. The predicted molar refractivity (Wildman–Crippen MR) is 88.2 cm³/mol. The van der Waals surface area contributed by atoms with Gasteiger partial charge >= 0.3 is 0 Å². The van der Waals surface area contributed by atoms with E-state index in [1.165, 1.54) is 12.1 Å². The van der Waals surface area contributed by atoms with Crippen molar-refractivity contribution in [3.05, 3.63) is 53.8 Å². The molecule has 24 heavy (non-hydrogen) atoms. The molecule has 0 heterocycles. The SMILES string of the molecule is COc1cc(OC)cc(OCCNC(=O)Cc2cccc(F)c2)c1. The first-order valence-electron chi connectivity index (χ1n) is 7.47. The van der Waals surface area contributed by atoms with Crippen LogP contribution < -0.4 is 19.5 Å². The largest absolute Gasteiger partial charge is 0.496 e. The van der Waals surface area contributed by atoms with E-state index < -0.39 is 0 Å². The zero-order chi connectivity index (χ0) is 17.4. The average Bonchev–Trinajstić information content (AvgIpc) is 2.58. The Labute approximate surface area is 140 Å². The van der Waals surface area contributed by atoms with E-state index >= 15 is 0 Å². The molecule has 1 N–H and O–H groups in total. The van der Waals surface area contributed by atoms with Gasteiger partial charge in [0.25, 0.3) is 0 Å². The first kappa shape index (κ1) is 17.6. The van der Waals surface area contributed by atoms with Crippen LogP contribution in [0.1, 0.15) is 5.56 Å². The lowest BCUT2D eigenvalue weighted by atomic mass is 10.1. The van der Waals surface area contributed by atoms with Crippen LogP contribution in [-0.2, 0) is 11.2 Å². The molecular weight excluding hydrogens is 313 g/mol. The zero-order valence-electron chi connectivity index (χ0n) is 13.7. The van der Waals surface area contributed by atoms with Gasteiger partial charge in [-0.3, -0.25) is 4.79 Å². The molecule has 0 saturated carbocycles. The number of carbonyl (C=O) groups excluding carboxylic acids is 1. The van der Waals surface area contributed by atoms with Crippen molar-refractivity contribution in [3.63, 3.8) is 0 Å². The molecule has 0 aromatic heterocycles. The highest BCUT2D eigenvalue weighted by Crippen LogP contribution is 2.27. The summed E-state index contributed by atoms with van der Waals surface area (Å²) in [4.78, 5) is 11.8. The fourth-order valence-electron chi connectivity index (χ4n) is 2.12. The van der Waals surface area contributed by atoms with Crippen LogP contribution in [0.5, 0.6) is 17.2 Å². The van der Waals surface area contributed by atoms with Crippen LogP contribution in [0.4, 0.5) is 4.39 Å². The molecular formula is C18H20FNO4. The number of methoxy groups -OCH3 is 2. The van der Waals surface area contributed by atoms with Crippen molar-refractivity contribution in [3.8, 4) is 17.2 Å². The van der Waals surface area contributed by atoms with Crippen molar-refractivity contribution >= 4 is 5.91 Å². The monoisotopic (exact) mass is 333 g/mol. The molecule has 6 heteroatoms. The summed E-state index contributed by atoms with van der Waals surface area (Å²) in [5.41, 5.74) is 0.631. The van der Waals surface area contributed by atoms with Crippen molar-refractivity contribution in [2.45, 2.75) is 6.42 Å². The Bertz CT molecular complexity index is 668. The molecule has 0 fully saturated rings. The third-order valence-corrected chi connectivity index (χ3v) is 3.27. The summed E-state index contributed by atoms with van der Waals surface area (Å²) in [6.07, 6.45) is 0.130. The van der Waals surface area contributed by atoms with E-state index in [-0.39, 0.29) is 18.1 Å². The molecule has 0 spiro atoms. The van der Waals surface area contributed by atoms with Crippen LogP contribution in [0.3, 0.4) is 0 Å². The fourth-order valence-corrected chi connectivity index (χ4v) is 2.12. The molecule has 2 aromatic rings. The van der Waals surface area contributed by atoms with E-state index in [1.807, 2.05) is 0 Å². The number of hydrogen-bond donors (Lipinski definition) is 1. The second kappa shape index (κ2) is 8.76. The number of benzene rings is 2. The second-order valence-corrected chi connectivity index (χ2v) is 5.05. The lowest BCUT2D eigenvalue weighted by Crippen LogP contribution is -2.29. The maximum Gasteiger partial charge on any atom is 0.224 e. The number of carbonyl (C=O) groups is 1. The molecule has 1 amide bonds. The van der Waals surface area contributed by atoms with Gasteiger partial charge in [-0.15, -0.1) is 0 Å². The Balaban J connectivity index is 1.77. The van der Waals surface area contributed by atoms with Crippen LogP contribution in [0.2, 0.25) is 0 Å². The minimum absolute atomic E-state index is 0.130. The minimum Gasteiger partial charge on any atom is -0.496 e. The number of ether oxygens (including phenoxy) is 3. The summed E-state index contributed by atoms with van der Waals surface area (Å²) in [5, 5.41) is 2.73. The Morgan fingerprint density at radius 1 is 1.04 bits per heavy atom. The fraction of sp³-hybridized carbons (Fsp3) is 0.278. The van der Waals surface area contributed by atoms with Gasteiger partial charge in [0.1, 0.15) is 29.7 Å². The quantitative estimate of drug-likeness (QED) is 0.755. The Morgan fingerprint density at radius 2 is 1.71 bits per heavy atom. The molecule has 0 radical (unpaired) electrons. The van der Waals surface area contributed by atoms with Crippen molar-refractivity contribution < 1.29 is 23.4 Å². The van der Waals surface area contributed by atoms with E-state index in [0.29, 0.717) is 36.0 Å². The first-order valence-corrected chi connectivity index (χ1v) is 7.47. The Kier molecular flexibility index (Phi) is 6.42. The molecule has 0 aliphatic carbocycles. The molecule has 0 bridgehead atoms. The van der Waals surface area contributed by atoms with Crippen LogP contribution in [0.25, 0.3) is 0 Å². The van der Waals surface area contributed by atoms with Crippen LogP contribution >= 0.6 is 0 Å². The van der Waals surface area contributed by atoms with Crippen molar-refractivity contribution in [1.29, 1.82) is 0 Å². The summed E-state index contributed by atoms with van der Waals surface area (Å²) in [6.45, 7) is 0.638. The molecule has 5 nitrogen and oxygen atoms in total. The third-order valence-electron chi connectivity index (χ3n) is 3.27. The topological polar surface area (TPSA) is 56.8 Å². The Morgan fingerprint density at radius 3 is 2.33 bits per heavy atom. The highest BCUT2D eigenvalue weighted by Gasteiger charge is 2.05. The lowest BCUT2D eigenvalue weighted by Gasteiger charge is -2.11. The number of rotatable bonds is 8. The van der Waals surface area contributed by atoms with Gasteiger partial charge in [0.15, 0.2) is 0 Å². The van der Waals surface area contributed by atoms with E-state index in [4.69, 9.17) is 14.2 Å². The van der Waals surface area contributed by atoms with Crippen molar-refractivity contribution in [1.82, 2.24) is 5.32 Å². The van der Waals surface area contributed by atoms with Crippen molar-refractivity contribution in [2.24, 2.45) is 0 Å². The lowest BCUT2D eigenvalue weighted by molar-refractivity contribution is -0.120. The highest BCUT2D eigenvalue weighted by molar-refractivity contribution is 5.78. The summed E-state index contributed by atoms with van der Waals surface area (Å²) >= 11 is 0. The van der Waals surface area contributed by atoms with E-state index in [0.717, 1.165) is 0 Å². The van der Waals surface area contributed by atoms with Crippen molar-refractivity contribution in [2.75, 3.05) is 27.4 Å². The summed E-state index contributed by atoms with van der Waals surface area (Å²) in [5.74, 6) is 1.30. The van der Waals surface area contributed by atoms with Crippen LogP contribution in [-0.4, -0.2) is 33.3 Å². The van der Waals surface area contributed by atoms with Gasteiger partial charge in [-0.1, -0.05) is 12.1 Å². The molecule has 0 saturated heterocycles. The Hall–Kier alpha value is -2.76. The van der Waals surface area contributed by atoms with Gasteiger partial charge in [0.05, 0.1) is 27.2 Å². The molecule has 128 valence electrons. The van der Waals surface area contributed by atoms with Gasteiger partial charge in [0.2, 0.25) is 5.91 Å². The number of halogens is 1. The first-order chi connectivity index (χ1) is 11.6. The molecule has 2 rings (SSSR count). The zero-order valence-corrected chi connectivity index (χ0v) is 13.7. The standard InChI is InChI=1S/C18H20FNO4/c1-22-15-10-16(23-2)12-17(11-15)24-7-6-20-18(21)9-13-4-3-5-14(19)8-13/h3-5,8,10-12H,6-7,9H2,1-2H3,(H,20,21). The van der Waals surface area contributed by atoms with E-state index in [2.05, 4.69) is 5.32 Å². The van der Waals surface area contributed by atoms with Gasteiger partial charge in [-0.2, -0.15) is 0 Å². The number of hydrogen-bond acceptors (Lipinski definition) is 4. The molecule has 2 aromatic carbocycles. The maximum atomic E-state index is 13.1. The third kappa shape index (κ3) is 5.46. The van der Waals surface area contributed by atoms with E-state index in [1.54, 1.807) is 44.6 Å². The summed E-state index contributed by atoms with van der Waals surface area (Å²) < 4.78 is 29.0. The molecule has 0 aliphatic heterocycles. The number of amides is 1. The van der Waals surface area contributed by atoms with Crippen LogP contribution in [0, 0.1) is 5.82 Å². The molecule has 0 unspecified atom stereocenters. The summed E-state index contributed by atoms with van der Waals surface area (Å²) in [6, 6.07) is 11.2. The molecule has 0 aliphatic rings. The van der Waals surface area contributed by atoms with Gasteiger partial charge in [-0.05, 0) is 17.7 Å². The molecule has 0 atom stereocenters. The minimum atomic E-state index is -0.351. The van der Waals surface area contributed by atoms with Gasteiger partial charge in [-0.25, -0.2) is 4.39 Å². The van der Waals surface area contributed by atoms with Crippen LogP contribution in [0.15, 0.2) is 42.5 Å². The number of nitrogens with one attached hydrogen (secondary N) is 1. The summed E-state index contributed by atoms with van der Waals surface area (Å²) in [7, 11) is 3.12. The maximum absolute atomic E-state index is 13.1.